The Kier molecular flexibility index (Phi) is 5.14. The molecule has 1 radical (unpaired) electrons. The van der Waals surface area contributed by atoms with Crippen LogP contribution in [0.15, 0.2) is 48.5 Å². The van der Waals surface area contributed by atoms with Gasteiger partial charge in [-0.05, 0) is 5.92 Å². The molecule has 0 amide bonds. The van der Waals surface area contributed by atoms with Crippen molar-refractivity contribution < 1.29 is 22.7 Å². The van der Waals surface area contributed by atoms with Gasteiger partial charge in [-0.25, -0.2) is 0 Å². The molecule has 3 rings (SSSR count). The van der Waals surface area contributed by atoms with Gasteiger partial charge in [-0.15, -0.1) is 23.6 Å². The summed E-state index contributed by atoms with van der Waals surface area (Å²) in [6.07, 6.45) is 0. The Morgan fingerprint density at radius 1 is 1.00 bits per heavy atom. The molecule has 1 aliphatic rings. The van der Waals surface area contributed by atoms with E-state index in [-0.39, 0.29) is 18.6 Å². The van der Waals surface area contributed by atoms with E-state index < -0.39 is 0 Å². The van der Waals surface area contributed by atoms with E-state index in [4.69, 9.17) is 4.18 Å². The standard InChI is InChI=1S/C17H17OS.V/c1-12(2)17-14-8-4-3-7-13(14)11-19-18-16-10-6-5-9-15(16)17;/h3-10,12H,11H2,1-2H3;/q-1;. The first kappa shape index (κ1) is 15.4. The molecule has 20 heavy (non-hydrogen) atoms. The third-order valence-corrected chi connectivity index (χ3v) is 4.15. The zero-order valence-corrected chi connectivity index (χ0v) is 13.9. The van der Waals surface area contributed by atoms with Crippen LogP contribution in [-0.2, 0) is 24.3 Å². The van der Waals surface area contributed by atoms with Crippen molar-refractivity contribution in [3.05, 3.63) is 71.1 Å². The number of fused-ring (bicyclic) bond motifs is 2. The minimum Gasteiger partial charge on any atom is -0.461 e. The van der Waals surface area contributed by atoms with Gasteiger partial charge in [0.25, 0.3) is 0 Å². The average Bonchev–Trinajstić information content (AvgIpc) is 2.39. The number of benzene rings is 2. The molecule has 0 aliphatic carbocycles. The molecule has 0 unspecified atom stereocenters. The zero-order chi connectivity index (χ0) is 13.2. The van der Waals surface area contributed by atoms with Crippen LogP contribution in [0.2, 0.25) is 0 Å². The molecule has 1 aliphatic heterocycles. The van der Waals surface area contributed by atoms with E-state index in [0.29, 0.717) is 5.92 Å². The van der Waals surface area contributed by atoms with Gasteiger partial charge in [0.2, 0.25) is 0 Å². The smallest absolute Gasteiger partial charge is 0.0781 e. The topological polar surface area (TPSA) is 9.23 Å². The number of para-hydroxylation sites is 1. The molecular weight excluding hydrogens is 303 g/mol. The quantitative estimate of drug-likeness (QED) is 0.548. The van der Waals surface area contributed by atoms with Gasteiger partial charge in [0.1, 0.15) is 0 Å². The average molecular weight is 320 g/mol. The Bertz CT molecular complexity index is 535. The van der Waals surface area contributed by atoms with Crippen molar-refractivity contribution in [1.82, 2.24) is 0 Å². The molecule has 0 bridgehead atoms. The summed E-state index contributed by atoms with van der Waals surface area (Å²) in [5, 5.41) is 0. The Morgan fingerprint density at radius 2 is 1.65 bits per heavy atom. The fourth-order valence-corrected chi connectivity index (χ4v) is 3.30. The normalized spacial score (nSPS) is 13.4. The molecule has 0 atom stereocenters. The van der Waals surface area contributed by atoms with Crippen molar-refractivity contribution in [2.45, 2.75) is 19.6 Å². The summed E-state index contributed by atoms with van der Waals surface area (Å²) in [5.41, 5.74) is 3.93. The van der Waals surface area contributed by atoms with E-state index in [1.54, 1.807) is 0 Å². The van der Waals surface area contributed by atoms with Gasteiger partial charge in [-0.3, -0.25) is 0 Å². The Morgan fingerprint density at radius 3 is 2.40 bits per heavy atom. The zero-order valence-electron chi connectivity index (χ0n) is 11.7. The van der Waals surface area contributed by atoms with Gasteiger partial charge in [0, 0.05) is 36.4 Å². The molecule has 1 heterocycles. The second-order valence-electron chi connectivity index (χ2n) is 5.07. The molecule has 0 saturated heterocycles. The monoisotopic (exact) mass is 320 g/mol. The molecular formula is C17H17OSV-. The van der Waals surface area contributed by atoms with E-state index in [0.717, 1.165) is 11.5 Å². The van der Waals surface area contributed by atoms with Crippen molar-refractivity contribution in [3.63, 3.8) is 0 Å². The summed E-state index contributed by atoms with van der Waals surface area (Å²) in [7, 11) is 0. The van der Waals surface area contributed by atoms with Crippen molar-refractivity contribution in [1.29, 1.82) is 0 Å². The Balaban J connectivity index is 0.00000147. The number of hydrogen-bond donors (Lipinski definition) is 0. The molecule has 0 spiro atoms. The van der Waals surface area contributed by atoms with E-state index >= 15 is 0 Å². The van der Waals surface area contributed by atoms with Crippen molar-refractivity contribution in [2.75, 3.05) is 0 Å². The summed E-state index contributed by atoms with van der Waals surface area (Å²) in [6, 6.07) is 17.0. The molecule has 103 valence electrons. The second kappa shape index (κ2) is 6.67. The van der Waals surface area contributed by atoms with Crippen LogP contribution in [0.3, 0.4) is 0 Å². The SMILES string of the molecule is CC(C)[C-]1c2ccccc2CSOc2ccccc21.[V]. The second-order valence-corrected chi connectivity index (χ2v) is 5.76. The summed E-state index contributed by atoms with van der Waals surface area (Å²) < 4.78 is 5.86. The van der Waals surface area contributed by atoms with E-state index in [9.17, 15) is 0 Å². The van der Waals surface area contributed by atoms with Gasteiger partial charge in [0.05, 0.1) is 5.75 Å². The van der Waals surface area contributed by atoms with Crippen molar-refractivity contribution in [3.8, 4) is 5.75 Å². The van der Waals surface area contributed by atoms with Crippen molar-refractivity contribution in [2.24, 2.45) is 5.92 Å². The molecule has 2 aromatic rings. The Labute approximate surface area is 137 Å². The fourth-order valence-electron chi connectivity index (χ4n) is 2.59. The summed E-state index contributed by atoms with van der Waals surface area (Å²) in [6.45, 7) is 4.50. The predicted molar refractivity (Wildman–Crippen MR) is 81.1 cm³/mol. The maximum absolute atomic E-state index is 5.86. The van der Waals surface area contributed by atoms with Gasteiger partial charge in [-0.2, -0.15) is 0 Å². The van der Waals surface area contributed by atoms with Crippen LogP contribution in [0.4, 0.5) is 0 Å². The molecule has 0 N–H and O–H groups in total. The van der Waals surface area contributed by atoms with Gasteiger partial charge >= 0.3 is 0 Å². The first-order valence-corrected chi connectivity index (χ1v) is 7.52. The third kappa shape index (κ3) is 2.88. The van der Waals surface area contributed by atoms with E-state index in [1.165, 1.54) is 34.7 Å². The maximum atomic E-state index is 5.86. The minimum atomic E-state index is 0. The van der Waals surface area contributed by atoms with Crippen molar-refractivity contribution >= 4 is 12.0 Å². The number of rotatable bonds is 1. The van der Waals surface area contributed by atoms with Crippen LogP contribution in [0, 0.1) is 11.8 Å². The van der Waals surface area contributed by atoms with Gasteiger partial charge < -0.3 is 4.18 Å². The van der Waals surface area contributed by atoms with Crippen LogP contribution >= 0.6 is 12.0 Å². The van der Waals surface area contributed by atoms with Gasteiger partial charge in [0.15, 0.2) is 0 Å². The van der Waals surface area contributed by atoms with Crippen LogP contribution in [-0.4, -0.2) is 0 Å². The molecule has 0 fully saturated rings. The molecule has 2 aromatic carbocycles. The van der Waals surface area contributed by atoms with Crippen LogP contribution in [0.1, 0.15) is 30.5 Å². The molecule has 1 nitrogen and oxygen atoms in total. The fraction of sp³-hybridized carbons (Fsp3) is 0.235. The molecule has 0 saturated carbocycles. The number of hydrogen-bond acceptors (Lipinski definition) is 2. The minimum absolute atomic E-state index is 0. The van der Waals surface area contributed by atoms with Gasteiger partial charge in [-0.1, -0.05) is 61.4 Å². The van der Waals surface area contributed by atoms with E-state index in [1.807, 2.05) is 6.07 Å². The van der Waals surface area contributed by atoms with Crippen LogP contribution in [0.25, 0.3) is 0 Å². The Hall–Kier alpha value is -0.956. The largest absolute Gasteiger partial charge is 0.461 e. The van der Waals surface area contributed by atoms with Crippen LogP contribution < -0.4 is 4.18 Å². The first-order chi connectivity index (χ1) is 9.27. The summed E-state index contributed by atoms with van der Waals surface area (Å²) in [4.78, 5) is 0. The predicted octanol–water partition coefficient (Wildman–Crippen LogP) is 4.85. The maximum Gasteiger partial charge on any atom is 0.0781 e. The summed E-state index contributed by atoms with van der Waals surface area (Å²) >= 11 is 1.51. The van der Waals surface area contributed by atoms with Crippen LogP contribution in [0.5, 0.6) is 5.75 Å². The van der Waals surface area contributed by atoms with E-state index in [2.05, 4.69) is 56.3 Å². The summed E-state index contributed by atoms with van der Waals surface area (Å²) in [5.74, 6) is 3.71. The third-order valence-electron chi connectivity index (χ3n) is 3.43. The first-order valence-electron chi connectivity index (χ1n) is 6.61. The molecule has 0 aromatic heterocycles. The molecule has 3 heteroatoms.